The minimum Gasteiger partial charge on any atom is -0.492 e. The highest BCUT2D eigenvalue weighted by atomic mass is 32.2. The normalized spacial score (nSPS) is 16.6. The number of anilines is 1. The molecule has 0 spiro atoms. The molecule has 31 heavy (non-hydrogen) atoms. The van der Waals surface area contributed by atoms with Gasteiger partial charge in [-0.15, -0.1) is 0 Å². The number of hydrogen-bond acceptors (Lipinski definition) is 7. The molecule has 1 aromatic carbocycles. The van der Waals surface area contributed by atoms with Gasteiger partial charge in [-0.05, 0) is 33.2 Å². The van der Waals surface area contributed by atoms with Crippen LogP contribution >= 0.6 is 11.8 Å². The minimum absolute atomic E-state index is 0.160. The molecule has 1 heterocycles. The summed E-state index contributed by atoms with van der Waals surface area (Å²) >= 11 is 1.28. The van der Waals surface area contributed by atoms with E-state index in [0.29, 0.717) is 24.7 Å². The van der Waals surface area contributed by atoms with Crippen LogP contribution in [-0.2, 0) is 4.79 Å². The van der Waals surface area contributed by atoms with E-state index >= 15 is 0 Å². The highest BCUT2D eigenvalue weighted by Gasteiger charge is 2.28. The van der Waals surface area contributed by atoms with Gasteiger partial charge in [0.2, 0.25) is 0 Å². The first-order valence-electron chi connectivity index (χ1n) is 9.80. The maximum Gasteiger partial charge on any atom is 0.264 e. The average molecular weight is 452 g/mol. The third-order valence-electron chi connectivity index (χ3n) is 4.25. The smallest absolute Gasteiger partial charge is 0.264 e. The first-order chi connectivity index (χ1) is 14.8. The number of likely N-dealkylation sites (N-methyl/N-ethyl adjacent to an activating group) is 2. The monoisotopic (exact) mass is 451 g/mol. The number of benzene rings is 1. The molecule has 0 aliphatic carbocycles. The lowest BCUT2D eigenvalue weighted by atomic mass is 10.3. The summed E-state index contributed by atoms with van der Waals surface area (Å²) in [5.74, 6) is -0.0388. The second kappa shape index (κ2) is 12.2. The molecule has 1 aliphatic rings. The van der Waals surface area contributed by atoms with Gasteiger partial charge in [-0.2, -0.15) is 5.26 Å². The van der Waals surface area contributed by atoms with E-state index in [2.05, 4.69) is 10.6 Å². The number of thioether (sulfide) groups is 1. The lowest BCUT2D eigenvalue weighted by molar-refractivity contribution is -0.117. The van der Waals surface area contributed by atoms with Crippen LogP contribution in [0, 0.1) is 11.3 Å². The van der Waals surface area contributed by atoms with Crippen LogP contribution in [0.1, 0.15) is 6.92 Å². The van der Waals surface area contributed by atoms with E-state index in [-0.39, 0.29) is 5.57 Å². The van der Waals surface area contributed by atoms with Gasteiger partial charge >= 0.3 is 0 Å². The third-order valence-corrected chi connectivity index (χ3v) is 5.42. The van der Waals surface area contributed by atoms with Crippen molar-refractivity contribution in [1.29, 1.82) is 5.26 Å². The van der Waals surface area contributed by atoms with Gasteiger partial charge in [0, 0.05) is 35.9 Å². The summed E-state index contributed by atoms with van der Waals surface area (Å²) < 4.78 is 30.5. The Bertz CT molecular complexity index is 868. The zero-order chi connectivity index (χ0) is 22.8. The Morgan fingerprint density at radius 3 is 2.87 bits per heavy atom. The molecule has 0 bridgehead atoms. The fourth-order valence-corrected chi connectivity index (χ4v) is 3.81. The summed E-state index contributed by atoms with van der Waals surface area (Å²) in [5, 5.41) is 15.2. The van der Waals surface area contributed by atoms with Gasteiger partial charge in [-0.1, -0.05) is 17.8 Å². The summed E-state index contributed by atoms with van der Waals surface area (Å²) in [7, 11) is 3.96. The number of hydrogen-bond donors (Lipinski definition) is 2. The predicted molar refractivity (Wildman–Crippen MR) is 119 cm³/mol. The number of carbonyl (C=O) groups is 1. The van der Waals surface area contributed by atoms with E-state index in [1.165, 1.54) is 11.8 Å². The average Bonchev–Trinajstić information content (AvgIpc) is 3.14. The quantitative estimate of drug-likeness (QED) is 0.418. The molecule has 10 heteroatoms. The van der Waals surface area contributed by atoms with E-state index in [1.54, 1.807) is 0 Å². The fourth-order valence-electron chi connectivity index (χ4n) is 2.66. The van der Waals surface area contributed by atoms with Crippen molar-refractivity contribution in [3.05, 3.63) is 46.0 Å². The van der Waals surface area contributed by atoms with Crippen molar-refractivity contribution in [2.75, 3.05) is 52.2 Å². The lowest BCUT2D eigenvalue weighted by Crippen LogP contribution is -2.31. The largest absolute Gasteiger partial charge is 0.492 e. The number of alkyl halides is 2. The molecule has 2 rings (SSSR count). The fraction of sp³-hybridized carbons (Fsp3) is 0.429. The predicted octanol–water partition coefficient (Wildman–Crippen LogP) is 3.07. The van der Waals surface area contributed by atoms with E-state index in [1.807, 2.05) is 67.4 Å². The molecule has 1 aliphatic heterocycles. The van der Waals surface area contributed by atoms with Crippen LogP contribution in [0.4, 0.5) is 14.5 Å². The molecule has 168 valence electrons. The SMILES string of the molecule is CCN1CC(=CNc2cccc(OCCN(C)C)c2)SC1=C(C#N)C(=O)NCC(F)F. The van der Waals surface area contributed by atoms with Crippen molar-refractivity contribution < 1.29 is 18.3 Å². The highest BCUT2D eigenvalue weighted by molar-refractivity contribution is 8.07. The van der Waals surface area contributed by atoms with Gasteiger partial charge in [-0.25, -0.2) is 8.78 Å². The Kier molecular flexibility index (Phi) is 9.62. The van der Waals surface area contributed by atoms with E-state index in [9.17, 15) is 18.8 Å². The van der Waals surface area contributed by atoms with Crippen LogP contribution < -0.4 is 15.4 Å². The summed E-state index contributed by atoms with van der Waals surface area (Å²) in [6, 6.07) is 9.42. The van der Waals surface area contributed by atoms with Gasteiger partial charge in [0.15, 0.2) is 0 Å². The highest BCUT2D eigenvalue weighted by Crippen LogP contribution is 2.38. The molecule has 0 atom stereocenters. The third kappa shape index (κ3) is 7.77. The van der Waals surface area contributed by atoms with Gasteiger partial charge < -0.3 is 25.2 Å². The summed E-state index contributed by atoms with van der Waals surface area (Å²) in [6.07, 6.45) is -0.861. The van der Waals surface area contributed by atoms with E-state index < -0.39 is 18.9 Å². The van der Waals surface area contributed by atoms with Crippen LogP contribution in [0.15, 0.2) is 46.0 Å². The van der Waals surface area contributed by atoms with Crippen molar-refractivity contribution in [3.63, 3.8) is 0 Å². The molecule has 1 saturated heterocycles. The standard InChI is InChI=1S/C21H27F2N5O2S/c1-4-28-14-17(31-21(28)18(11-24)20(29)26-13-19(22)23)12-25-15-6-5-7-16(10-15)30-9-8-27(2)3/h5-7,10,12,19,25H,4,8-9,13-14H2,1-3H3,(H,26,29). The molecule has 7 nitrogen and oxygen atoms in total. The van der Waals surface area contributed by atoms with Gasteiger partial charge in [0.25, 0.3) is 12.3 Å². The van der Waals surface area contributed by atoms with Crippen LogP contribution in [0.2, 0.25) is 0 Å². The molecule has 0 aromatic heterocycles. The molecular formula is C21H27F2N5O2S. The maximum absolute atomic E-state index is 12.4. The first-order valence-corrected chi connectivity index (χ1v) is 10.6. The Hall–Kier alpha value is -2.77. The lowest BCUT2D eigenvalue weighted by Gasteiger charge is -2.16. The zero-order valence-electron chi connectivity index (χ0n) is 17.8. The van der Waals surface area contributed by atoms with Crippen molar-refractivity contribution in [3.8, 4) is 11.8 Å². The minimum atomic E-state index is -2.67. The second-order valence-corrected chi connectivity index (χ2v) is 8.06. The van der Waals surface area contributed by atoms with Crippen LogP contribution in [0.3, 0.4) is 0 Å². The molecular weight excluding hydrogens is 424 g/mol. The molecule has 1 aromatic rings. The summed E-state index contributed by atoms with van der Waals surface area (Å²) in [6.45, 7) is 3.59. The summed E-state index contributed by atoms with van der Waals surface area (Å²) in [4.78, 5) is 17.0. The topological polar surface area (TPSA) is 80.6 Å². The van der Waals surface area contributed by atoms with Crippen LogP contribution in [0.5, 0.6) is 5.75 Å². The van der Waals surface area contributed by atoms with Crippen LogP contribution in [-0.4, -0.2) is 69.0 Å². The van der Waals surface area contributed by atoms with Crippen molar-refractivity contribution in [2.45, 2.75) is 13.3 Å². The number of halogens is 2. The molecule has 0 saturated carbocycles. The Morgan fingerprint density at radius 2 is 2.23 bits per heavy atom. The van der Waals surface area contributed by atoms with Crippen molar-refractivity contribution in [1.82, 2.24) is 15.1 Å². The first kappa shape index (κ1) is 24.5. The molecule has 1 amide bonds. The Labute approximate surface area is 185 Å². The number of nitrogens with one attached hydrogen (secondary N) is 2. The van der Waals surface area contributed by atoms with Crippen molar-refractivity contribution in [2.24, 2.45) is 0 Å². The van der Waals surface area contributed by atoms with Gasteiger partial charge in [0.05, 0.1) is 18.1 Å². The number of nitriles is 1. The molecule has 0 unspecified atom stereocenters. The van der Waals surface area contributed by atoms with Crippen molar-refractivity contribution >= 4 is 23.4 Å². The Morgan fingerprint density at radius 1 is 1.45 bits per heavy atom. The number of rotatable bonds is 10. The number of ether oxygens (including phenoxy) is 1. The molecule has 1 fully saturated rings. The van der Waals surface area contributed by atoms with E-state index in [0.717, 1.165) is 22.9 Å². The van der Waals surface area contributed by atoms with Gasteiger partial charge in [-0.3, -0.25) is 4.79 Å². The molecule has 0 radical (unpaired) electrons. The summed E-state index contributed by atoms with van der Waals surface area (Å²) in [5.41, 5.74) is 0.679. The maximum atomic E-state index is 12.4. The number of carbonyl (C=O) groups excluding carboxylic acids is 1. The number of amides is 1. The van der Waals surface area contributed by atoms with Crippen LogP contribution in [0.25, 0.3) is 0 Å². The Balaban J connectivity index is 2.08. The number of nitrogens with zero attached hydrogens (tertiary/aromatic N) is 3. The van der Waals surface area contributed by atoms with E-state index in [4.69, 9.17) is 4.74 Å². The second-order valence-electron chi connectivity index (χ2n) is 6.94. The molecule has 2 N–H and O–H groups in total. The zero-order valence-corrected chi connectivity index (χ0v) is 18.6. The van der Waals surface area contributed by atoms with Gasteiger partial charge in [0.1, 0.15) is 24.0 Å².